The lowest BCUT2D eigenvalue weighted by Crippen LogP contribution is -1.88. The van der Waals surface area contributed by atoms with Crippen molar-refractivity contribution in [1.82, 2.24) is 0 Å². The van der Waals surface area contributed by atoms with Gasteiger partial charge < -0.3 is 10.2 Å². The second-order valence-corrected chi connectivity index (χ2v) is 3.83. The van der Waals surface area contributed by atoms with Crippen LogP contribution in [0, 0.1) is 5.82 Å². The smallest absolute Gasteiger partial charge is 0.261 e. The molecule has 7 heteroatoms. The van der Waals surface area contributed by atoms with E-state index < -0.39 is 21.7 Å². The number of halogens is 1. The average Bonchev–Trinajstić information content (AvgIpc) is 1.94. The Morgan fingerprint density at radius 1 is 1.29 bits per heavy atom. The zero-order valence-corrected chi connectivity index (χ0v) is 7.99. The predicted octanol–water partition coefficient (Wildman–Crippen LogP) is 0.741. The maximum atomic E-state index is 12.1. The summed E-state index contributed by atoms with van der Waals surface area (Å²) in [6.07, 6.45) is 0.715. The minimum Gasteiger partial charge on any atom is -0.508 e. The van der Waals surface area contributed by atoms with E-state index in [-0.39, 0.29) is 5.75 Å². The van der Waals surface area contributed by atoms with Crippen LogP contribution >= 0.6 is 0 Å². The van der Waals surface area contributed by atoms with Gasteiger partial charge in [0.15, 0.2) is 11.6 Å². The molecule has 3 N–H and O–H groups in total. The van der Waals surface area contributed by atoms with Crippen LogP contribution in [0.2, 0.25) is 0 Å². The maximum Gasteiger partial charge on any atom is 0.261 e. The predicted molar refractivity (Wildman–Crippen MR) is 47.2 cm³/mol. The molecular formula is C7H9FO5S. The third-order valence-corrected chi connectivity index (χ3v) is 0.930. The Balaban J connectivity index is 0.000000292. The van der Waals surface area contributed by atoms with Crippen LogP contribution < -0.4 is 0 Å². The van der Waals surface area contributed by atoms with E-state index in [0.717, 1.165) is 18.2 Å². The molecule has 0 heterocycles. The number of hydrogen-bond donors (Lipinski definition) is 3. The van der Waals surface area contributed by atoms with Crippen molar-refractivity contribution >= 4 is 10.1 Å². The van der Waals surface area contributed by atoms with Crippen LogP contribution in [0.25, 0.3) is 0 Å². The van der Waals surface area contributed by atoms with Crippen molar-refractivity contribution in [3.05, 3.63) is 24.0 Å². The van der Waals surface area contributed by atoms with Gasteiger partial charge in [0.1, 0.15) is 5.75 Å². The third kappa shape index (κ3) is 7.32. The minimum absolute atomic E-state index is 0.145. The summed E-state index contributed by atoms with van der Waals surface area (Å²) in [5, 5.41) is 17.2. The molecule has 0 saturated heterocycles. The van der Waals surface area contributed by atoms with Gasteiger partial charge in [-0.25, -0.2) is 4.39 Å². The van der Waals surface area contributed by atoms with Crippen LogP contribution in [0.1, 0.15) is 0 Å². The summed E-state index contributed by atoms with van der Waals surface area (Å²) in [7, 11) is -3.67. The van der Waals surface area contributed by atoms with Crippen LogP contribution in [-0.4, -0.2) is 29.4 Å². The van der Waals surface area contributed by atoms with Crippen molar-refractivity contribution in [3.63, 3.8) is 0 Å². The minimum atomic E-state index is -3.67. The van der Waals surface area contributed by atoms with Gasteiger partial charge in [-0.2, -0.15) is 8.42 Å². The van der Waals surface area contributed by atoms with E-state index in [0.29, 0.717) is 6.26 Å². The molecule has 0 aliphatic heterocycles. The molecule has 1 rings (SSSR count). The Kier molecular flexibility index (Phi) is 4.32. The summed E-state index contributed by atoms with van der Waals surface area (Å²) in [6.45, 7) is 0. The molecule has 0 aliphatic rings. The Morgan fingerprint density at radius 2 is 1.71 bits per heavy atom. The molecule has 0 atom stereocenters. The van der Waals surface area contributed by atoms with Crippen molar-refractivity contribution in [2.75, 3.05) is 6.26 Å². The highest BCUT2D eigenvalue weighted by Crippen LogP contribution is 2.19. The van der Waals surface area contributed by atoms with Gasteiger partial charge in [0.25, 0.3) is 10.1 Å². The first-order chi connectivity index (χ1) is 6.20. The molecule has 80 valence electrons. The number of benzene rings is 1. The number of aromatic hydroxyl groups is 2. The fourth-order valence-corrected chi connectivity index (χ4v) is 0.501. The zero-order valence-electron chi connectivity index (χ0n) is 7.18. The molecule has 0 aromatic heterocycles. The summed E-state index contributed by atoms with van der Waals surface area (Å²) in [5.41, 5.74) is 0. The SMILES string of the molecule is CS(=O)(=O)O.Oc1ccc(F)c(O)c1. The number of phenolic OH excluding ortho intramolecular Hbond substituents is 2. The third-order valence-electron chi connectivity index (χ3n) is 0.930. The summed E-state index contributed by atoms with van der Waals surface area (Å²) in [5.74, 6) is -1.41. The maximum absolute atomic E-state index is 12.1. The van der Waals surface area contributed by atoms with Crippen LogP contribution in [0.5, 0.6) is 11.5 Å². The van der Waals surface area contributed by atoms with Gasteiger partial charge in [-0.1, -0.05) is 0 Å². The van der Waals surface area contributed by atoms with Crippen LogP contribution in [0.15, 0.2) is 18.2 Å². The highest BCUT2D eigenvalue weighted by molar-refractivity contribution is 7.85. The molecule has 1 aromatic rings. The normalized spacial score (nSPS) is 10.2. The molecule has 0 amide bonds. The first-order valence-corrected chi connectivity index (χ1v) is 5.15. The number of rotatable bonds is 0. The average molecular weight is 224 g/mol. The molecule has 0 unspecified atom stereocenters. The number of hydrogen-bond acceptors (Lipinski definition) is 4. The van der Waals surface area contributed by atoms with E-state index in [1.165, 1.54) is 0 Å². The lowest BCUT2D eigenvalue weighted by molar-refractivity contribution is 0.419. The molecule has 14 heavy (non-hydrogen) atoms. The van der Waals surface area contributed by atoms with E-state index in [1.807, 2.05) is 0 Å². The van der Waals surface area contributed by atoms with Crippen LogP contribution in [0.4, 0.5) is 4.39 Å². The Labute approximate surface area is 80.2 Å². The van der Waals surface area contributed by atoms with Crippen molar-refractivity contribution in [2.45, 2.75) is 0 Å². The van der Waals surface area contributed by atoms with Gasteiger partial charge in [-0.15, -0.1) is 0 Å². The fraction of sp³-hybridized carbons (Fsp3) is 0.143. The second kappa shape index (κ2) is 4.77. The molecule has 0 fully saturated rings. The second-order valence-electron chi connectivity index (χ2n) is 2.37. The molecular weight excluding hydrogens is 215 g/mol. The van der Waals surface area contributed by atoms with E-state index in [9.17, 15) is 12.8 Å². The van der Waals surface area contributed by atoms with Gasteiger partial charge in [-0.05, 0) is 12.1 Å². The first-order valence-electron chi connectivity index (χ1n) is 3.30. The van der Waals surface area contributed by atoms with E-state index in [2.05, 4.69) is 0 Å². The molecule has 0 saturated carbocycles. The molecule has 0 spiro atoms. The fourth-order valence-electron chi connectivity index (χ4n) is 0.501. The summed E-state index contributed by atoms with van der Waals surface area (Å²) in [4.78, 5) is 0. The standard InChI is InChI=1S/C6H5FO2.CH4O3S/c7-5-2-1-4(8)3-6(5)9;1-5(2,3)4/h1-3,8-9H;1H3,(H,2,3,4). The highest BCUT2D eigenvalue weighted by Gasteiger charge is 1.97. The Bertz CT molecular complexity index is 393. The summed E-state index contributed by atoms with van der Waals surface area (Å²) >= 11 is 0. The van der Waals surface area contributed by atoms with Gasteiger partial charge in [0.2, 0.25) is 0 Å². The zero-order chi connectivity index (χ0) is 11.4. The molecule has 0 bridgehead atoms. The lowest BCUT2D eigenvalue weighted by atomic mass is 10.3. The summed E-state index contributed by atoms with van der Waals surface area (Å²) in [6, 6.07) is 3.09. The van der Waals surface area contributed by atoms with Gasteiger partial charge in [-0.3, -0.25) is 4.55 Å². The van der Waals surface area contributed by atoms with Gasteiger partial charge >= 0.3 is 0 Å². The molecule has 0 aliphatic carbocycles. The lowest BCUT2D eigenvalue weighted by Gasteiger charge is -1.93. The number of phenols is 2. The van der Waals surface area contributed by atoms with Crippen molar-refractivity contribution in [2.24, 2.45) is 0 Å². The topological polar surface area (TPSA) is 94.8 Å². The quantitative estimate of drug-likeness (QED) is 0.565. The first kappa shape index (κ1) is 12.7. The van der Waals surface area contributed by atoms with Gasteiger partial charge in [0.05, 0.1) is 6.26 Å². The van der Waals surface area contributed by atoms with E-state index in [4.69, 9.17) is 14.8 Å². The highest BCUT2D eigenvalue weighted by atomic mass is 32.2. The summed E-state index contributed by atoms with van der Waals surface area (Å²) < 4.78 is 38.0. The Hall–Kier alpha value is -1.34. The largest absolute Gasteiger partial charge is 0.508 e. The molecule has 5 nitrogen and oxygen atoms in total. The van der Waals surface area contributed by atoms with E-state index >= 15 is 0 Å². The monoisotopic (exact) mass is 224 g/mol. The van der Waals surface area contributed by atoms with Gasteiger partial charge in [0, 0.05) is 6.07 Å². The Morgan fingerprint density at radius 3 is 2.00 bits per heavy atom. The van der Waals surface area contributed by atoms with E-state index in [1.54, 1.807) is 0 Å². The van der Waals surface area contributed by atoms with Crippen molar-refractivity contribution in [3.8, 4) is 11.5 Å². The molecule has 1 aromatic carbocycles. The molecule has 0 radical (unpaired) electrons. The van der Waals surface area contributed by atoms with Crippen molar-refractivity contribution < 1.29 is 27.6 Å². The van der Waals surface area contributed by atoms with Crippen molar-refractivity contribution in [1.29, 1.82) is 0 Å². The van der Waals surface area contributed by atoms with Crippen LogP contribution in [0.3, 0.4) is 0 Å². The van der Waals surface area contributed by atoms with Crippen LogP contribution in [-0.2, 0) is 10.1 Å².